The minimum Gasteiger partial charge on any atom is -0.493 e. The Balaban J connectivity index is 1.85. The van der Waals surface area contributed by atoms with Gasteiger partial charge < -0.3 is 18.9 Å². The Kier molecular flexibility index (Phi) is 10.3. The number of fused-ring (bicyclic) bond motifs is 1. The molecule has 41 heavy (non-hydrogen) atoms. The van der Waals surface area contributed by atoms with Crippen LogP contribution in [0.15, 0.2) is 57.5 Å². The molecule has 0 amide bonds. The molecule has 2 aromatic carbocycles. The van der Waals surface area contributed by atoms with Gasteiger partial charge in [0.1, 0.15) is 6.61 Å². The number of methoxy groups -OCH3 is 2. The van der Waals surface area contributed by atoms with E-state index in [1.807, 2.05) is 6.07 Å². The van der Waals surface area contributed by atoms with Crippen LogP contribution in [-0.4, -0.2) is 44.6 Å². The molecular formula is C30H32Cl2N2O6S. The van der Waals surface area contributed by atoms with E-state index in [0.29, 0.717) is 60.2 Å². The number of allylic oxidation sites excluding steroid dienone is 1. The van der Waals surface area contributed by atoms with E-state index in [0.717, 1.165) is 6.42 Å². The van der Waals surface area contributed by atoms with Crippen molar-refractivity contribution in [2.75, 3.05) is 34.0 Å². The predicted octanol–water partition coefficient (Wildman–Crippen LogP) is 5.17. The van der Waals surface area contributed by atoms with E-state index in [1.165, 1.54) is 23.0 Å². The Morgan fingerprint density at radius 1 is 1.07 bits per heavy atom. The molecule has 0 bridgehead atoms. The lowest BCUT2D eigenvalue weighted by Gasteiger charge is -2.25. The summed E-state index contributed by atoms with van der Waals surface area (Å²) < 4.78 is 24.1. The zero-order chi connectivity index (χ0) is 29.7. The fourth-order valence-corrected chi connectivity index (χ4v) is 5.68. The number of aromatic nitrogens is 1. The summed E-state index contributed by atoms with van der Waals surface area (Å²) in [7, 11) is 3.08. The standard InChI is InChI=1S/C30H32Cl2N2O6S/c1-17(2)10-11-39-23-9-7-20(16-24(23)38-5)27-26(29(36)40-13-12-37-4)18(3)33-30-34(27)28(35)25(41-30)15-19-6-8-21(31)22(32)14-19/h6-9,14-17,27H,10-13H2,1-5H3. The van der Waals surface area contributed by atoms with Crippen LogP contribution < -0.4 is 24.4 Å². The zero-order valence-electron chi connectivity index (χ0n) is 23.5. The Labute approximate surface area is 252 Å². The third-order valence-electron chi connectivity index (χ3n) is 6.46. The lowest BCUT2D eigenvalue weighted by Crippen LogP contribution is -2.40. The third-order valence-corrected chi connectivity index (χ3v) is 8.18. The van der Waals surface area contributed by atoms with Gasteiger partial charge in [0.05, 0.1) is 52.2 Å². The van der Waals surface area contributed by atoms with E-state index < -0.39 is 12.0 Å². The van der Waals surface area contributed by atoms with E-state index in [1.54, 1.807) is 50.4 Å². The Morgan fingerprint density at radius 2 is 1.85 bits per heavy atom. The number of esters is 1. The summed E-state index contributed by atoms with van der Waals surface area (Å²) in [5.41, 5.74) is 1.76. The summed E-state index contributed by atoms with van der Waals surface area (Å²) in [6.45, 7) is 6.83. The van der Waals surface area contributed by atoms with Crippen molar-refractivity contribution in [1.82, 2.24) is 4.57 Å². The number of nitrogens with zero attached hydrogens (tertiary/aromatic N) is 2. The molecule has 1 unspecified atom stereocenters. The number of hydrogen-bond donors (Lipinski definition) is 0. The van der Waals surface area contributed by atoms with E-state index >= 15 is 0 Å². The maximum Gasteiger partial charge on any atom is 0.338 e. The third kappa shape index (κ3) is 7.04. The summed E-state index contributed by atoms with van der Waals surface area (Å²) in [4.78, 5) is 32.4. The number of ether oxygens (including phenoxy) is 4. The second-order valence-electron chi connectivity index (χ2n) is 9.83. The van der Waals surface area contributed by atoms with Gasteiger partial charge in [0.2, 0.25) is 0 Å². The molecule has 0 fully saturated rings. The highest BCUT2D eigenvalue weighted by Crippen LogP contribution is 2.36. The highest BCUT2D eigenvalue weighted by atomic mass is 35.5. The van der Waals surface area contributed by atoms with Gasteiger partial charge in [-0.2, -0.15) is 0 Å². The Morgan fingerprint density at radius 3 is 2.54 bits per heavy atom. The van der Waals surface area contributed by atoms with Gasteiger partial charge in [0.15, 0.2) is 16.3 Å². The zero-order valence-corrected chi connectivity index (χ0v) is 25.9. The highest BCUT2D eigenvalue weighted by Gasteiger charge is 2.34. The SMILES string of the molecule is COCCOC(=O)C1=C(C)N=c2sc(=Cc3ccc(Cl)c(Cl)c3)c(=O)n2C1c1ccc(OCCC(C)C)c(OC)c1. The first kappa shape index (κ1) is 30.8. The fourth-order valence-electron chi connectivity index (χ4n) is 4.33. The Bertz CT molecular complexity index is 1640. The molecule has 0 saturated carbocycles. The van der Waals surface area contributed by atoms with Crippen LogP contribution in [0.2, 0.25) is 10.0 Å². The van der Waals surface area contributed by atoms with Crippen molar-refractivity contribution in [3.63, 3.8) is 0 Å². The van der Waals surface area contributed by atoms with Crippen LogP contribution in [0.5, 0.6) is 11.5 Å². The molecule has 1 aromatic heterocycles. The minimum absolute atomic E-state index is 0.0620. The number of hydrogen-bond acceptors (Lipinski definition) is 8. The average Bonchev–Trinajstić information content (AvgIpc) is 3.23. The van der Waals surface area contributed by atoms with Gasteiger partial charge in [-0.3, -0.25) is 9.36 Å². The van der Waals surface area contributed by atoms with E-state index in [9.17, 15) is 9.59 Å². The smallest absolute Gasteiger partial charge is 0.338 e. The van der Waals surface area contributed by atoms with Crippen LogP contribution in [0.4, 0.5) is 0 Å². The maximum atomic E-state index is 13.9. The average molecular weight is 620 g/mol. The van der Waals surface area contributed by atoms with E-state index in [4.69, 9.17) is 42.1 Å². The summed E-state index contributed by atoms with van der Waals surface area (Å²) in [5, 5.41) is 0.800. The fraction of sp³-hybridized carbons (Fsp3) is 0.367. The number of benzene rings is 2. The molecular weight excluding hydrogens is 587 g/mol. The molecule has 0 aliphatic carbocycles. The second-order valence-corrected chi connectivity index (χ2v) is 11.6. The molecule has 218 valence electrons. The van der Waals surface area contributed by atoms with Crippen LogP contribution in [0.25, 0.3) is 6.08 Å². The van der Waals surface area contributed by atoms with Crippen LogP contribution in [0.3, 0.4) is 0 Å². The Hall–Kier alpha value is -3.11. The predicted molar refractivity (Wildman–Crippen MR) is 161 cm³/mol. The first-order valence-corrected chi connectivity index (χ1v) is 14.7. The summed E-state index contributed by atoms with van der Waals surface area (Å²) >= 11 is 13.5. The van der Waals surface area contributed by atoms with Gasteiger partial charge in [0, 0.05) is 7.11 Å². The minimum atomic E-state index is -0.809. The largest absolute Gasteiger partial charge is 0.493 e. The maximum absolute atomic E-state index is 13.9. The van der Waals surface area contributed by atoms with Crippen molar-refractivity contribution in [2.24, 2.45) is 10.9 Å². The molecule has 0 radical (unpaired) electrons. The van der Waals surface area contributed by atoms with Crippen molar-refractivity contribution in [1.29, 1.82) is 0 Å². The number of thiazole rings is 1. The van der Waals surface area contributed by atoms with Crippen LogP contribution >= 0.6 is 34.5 Å². The van der Waals surface area contributed by atoms with Gasteiger partial charge in [-0.15, -0.1) is 0 Å². The number of carbonyl (C=O) groups excluding carboxylic acids is 1. The van der Waals surface area contributed by atoms with Crippen molar-refractivity contribution < 1.29 is 23.7 Å². The highest BCUT2D eigenvalue weighted by molar-refractivity contribution is 7.07. The van der Waals surface area contributed by atoms with Crippen molar-refractivity contribution in [3.05, 3.63) is 88.5 Å². The first-order valence-electron chi connectivity index (χ1n) is 13.1. The summed E-state index contributed by atoms with van der Waals surface area (Å²) in [6, 6.07) is 9.73. The van der Waals surface area contributed by atoms with Crippen molar-refractivity contribution in [2.45, 2.75) is 33.2 Å². The molecule has 1 aliphatic rings. The molecule has 0 spiro atoms. The van der Waals surface area contributed by atoms with E-state index in [-0.39, 0.29) is 24.3 Å². The molecule has 4 rings (SSSR count). The molecule has 0 saturated heterocycles. The monoisotopic (exact) mass is 618 g/mol. The number of rotatable bonds is 11. The van der Waals surface area contributed by atoms with Crippen LogP contribution in [-0.2, 0) is 14.3 Å². The second kappa shape index (κ2) is 13.7. The molecule has 1 aliphatic heterocycles. The van der Waals surface area contributed by atoms with Crippen LogP contribution in [0, 0.1) is 5.92 Å². The molecule has 2 heterocycles. The molecule has 8 nitrogen and oxygen atoms in total. The topological polar surface area (TPSA) is 88.4 Å². The van der Waals surface area contributed by atoms with Gasteiger partial charge in [0.25, 0.3) is 5.56 Å². The first-order chi connectivity index (χ1) is 19.6. The van der Waals surface area contributed by atoms with Crippen LogP contribution in [0.1, 0.15) is 44.4 Å². The van der Waals surface area contributed by atoms with Crippen molar-refractivity contribution >= 4 is 46.6 Å². The number of halogens is 2. The van der Waals surface area contributed by atoms with Gasteiger partial charge >= 0.3 is 5.97 Å². The molecule has 3 aromatic rings. The normalized spacial score (nSPS) is 15.1. The molecule has 1 atom stereocenters. The molecule has 0 N–H and O–H groups in total. The number of carbonyl (C=O) groups is 1. The van der Waals surface area contributed by atoms with Gasteiger partial charge in [-0.25, -0.2) is 9.79 Å². The lowest BCUT2D eigenvalue weighted by molar-refractivity contribution is -0.140. The lowest BCUT2D eigenvalue weighted by atomic mass is 9.95. The van der Waals surface area contributed by atoms with E-state index in [2.05, 4.69) is 18.8 Å². The summed E-state index contributed by atoms with van der Waals surface area (Å²) in [6.07, 6.45) is 2.62. The summed E-state index contributed by atoms with van der Waals surface area (Å²) in [5.74, 6) is 0.980. The van der Waals surface area contributed by atoms with Gasteiger partial charge in [-0.05, 0) is 60.7 Å². The van der Waals surface area contributed by atoms with Crippen molar-refractivity contribution in [3.8, 4) is 11.5 Å². The quantitative estimate of drug-likeness (QED) is 0.218. The molecule has 11 heteroatoms. The van der Waals surface area contributed by atoms with Gasteiger partial charge in [-0.1, -0.05) is 60.5 Å².